The first-order valence-corrected chi connectivity index (χ1v) is 3.31. The summed E-state index contributed by atoms with van der Waals surface area (Å²) in [5.41, 5.74) is 3.70. The van der Waals surface area contributed by atoms with Crippen LogP contribution in [0.3, 0.4) is 0 Å². The molecule has 0 saturated carbocycles. The van der Waals surface area contributed by atoms with Gasteiger partial charge in [0.15, 0.2) is 5.75 Å². The molecule has 6 heteroatoms. The molecule has 0 spiro atoms. The van der Waals surface area contributed by atoms with Crippen molar-refractivity contribution in [2.75, 3.05) is 12.8 Å². The second kappa shape index (κ2) is 3.12. The van der Waals surface area contributed by atoms with Crippen molar-refractivity contribution in [1.82, 2.24) is 4.98 Å². The van der Waals surface area contributed by atoms with Crippen molar-refractivity contribution in [1.29, 1.82) is 0 Å². The van der Waals surface area contributed by atoms with E-state index in [0.717, 1.165) is 19.5 Å². The molecule has 0 unspecified atom stereocenters. The van der Waals surface area contributed by atoms with E-state index < -0.39 is 17.4 Å². The molecule has 1 aromatic heterocycles. The number of aromatic nitrogens is 1. The highest BCUT2D eigenvalue weighted by molar-refractivity contribution is 5.53. The molecule has 0 fully saturated rings. The van der Waals surface area contributed by atoms with Crippen LogP contribution in [-0.4, -0.2) is 12.1 Å². The standard InChI is InChI=1S/C7H7F3N2O/c1-13-5-3-12-2-4(11)6(5)7(8,9)10/h2-3H,11H2,1H3. The van der Waals surface area contributed by atoms with Crippen molar-refractivity contribution in [2.24, 2.45) is 0 Å². The van der Waals surface area contributed by atoms with Crippen LogP contribution in [0.2, 0.25) is 0 Å². The fourth-order valence-electron chi connectivity index (χ4n) is 0.915. The topological polar surface area (TPSA) is 48.1 Å². The summed E-state index contributed by atoms with van der Waals surface area (Å²) < 4.78 is 41.4. The highest BCUT2D eigenvalue weighted by Gasteiger charge is 2.36. The number of anilines is 1. The van der Waals surface area contributed by atoms with E-state index in [1.165, 1.54) is 0 Å². The largest absolute Gasteiger partial charge is 0.494 e. The molecular formula is C7H7F3N2O. The Kier molecular flexibility index (Phi) is 2.31. The molecule has 0 aliphatic carbocycles. The number of ether oxygens (including phenoxy) is 1. The maximum Gasteiger partial charge on any atom is 0.422 e. The minimum atomic E-state index is -4.52. The van der Waals surface area contributed by atoms with Gasteiger partial charge in [-0.1, -0.05) is 0 Å². The van der Waals surface area contributed by atoms with E-state index in [4.69, 9.17) is 5.73 Å². The van der Waals surface area contributed by atoms with E-state index in [1.807, 2.05) is 0 Å². The lowest BCUT2D eigenvalue weighted by Gasteiger charge is -2.12. The first-order valence-electron chi connectivity index (χ1n) is 3.31. The van der Waals surface area contributed by atoms with Crippen molar-refractivity contribution in [3.63, 3.8) is 0 Å². The average molecular weight is 192 g/mol. The molecule has 0 aromatic carbocycles. The van der Waals surface area contributed by atoms with Gasteiger partial charge < -0.3 is 10.5 Å². The van der Waals surface area contributed by atoms with Gasteiger partial charge >= 0.3 is 6.18 Å². The van der Waals surface area contributed by atoms with Gasteiger partial charge in [0.1, 0.15) is 5.56 Å². The summed E-state index contributed by atoms with van der Waals surface area (Å²) in [6.45, 7) is 0. The van der Waals surface area contributed by atoms with E-state index in [9.17, 15) is 13.2 Å². The number of nitrogen functional groups attached to an aromatic ring is 1. The van der Waals surface area contributed by atoms with E-state index in [1.54, 1.807) is 0 Å². The maximum atomic E-state index is 12.3. The molecule has 0 saturated heterocycles. The fraction of sp³-hybridized carbons (Fsp3) is 0.286. The van der Waals surface area contributed by atoms with Crippen LogP contribution in [0.15, 0.2) is 12.4 Å². The van der Waals surface area contributed by atoms with Crippen molar-refractivity contribution in [2.45, 2.75) is 6.18 Å². The maximum absolute atomic E-state index is 12.3. The summed E-state index contributed by atoms with van der Waals surface area (Å²) in [5, 5.41) is 0. The molecule has 1 aromatic rings. The summed E-state index contributed by atoms with van der Waals surface area (Å²) >= 11 is 0. The lowest BCUT2D eigenvalue weighted by Crippen LogP contribution is -2.11. The summed E-state index contributed by atoms with van der Waals surface area (Å²) in [5.74, 6) is -0.368. The second-order valence-electron chi connectivity index (χ2n) is 2.30. The van der Waals surface area contributed by atoms with Crippen molar-refractivity contribution in [3.05, 3.63) is 18.0 Å². The van der Waals surface area contributed by atoms with Gasteiger partial charge in [0.25, 0.3) is 0 Å². The predicted octanol–water partition coefficient (Wildman–Crippen LogP) is 1.69. The predicted molar refractivity (Wildman–Crippen MR) is 40.2 cm³/mol. The number of pyridine rings is 1. The molecule has 1 rings (SSSR count). The number of halogens is 3. The van der Waals surface area contributed by atoms with Crippen LogP contribution < -0.4 is 10.5 Å². The molecule has 3 nitrogen and oxygen atoms in total. The molecule has 0 bridgehead atoms. The lowest BCUT2D eigenvalue weighted by molar-refractivity contribution is -0.138. The lowest BCUT2D eigenvalue weighted by atomic mass is 10.2. The molecule has 0 aliphatic heterocycles. The smallest absolute Gasteiger partial charge is 0.422 e. The number of alkyl halides is 3. The number of rotatable bonds is 1. The molecule has 2 N–H and O–H groups in total. The number of nitrogens with two attached hydrogens (primary N) is 1. The average Bonchev–Trinajstić information content (AvgIpc) is 2.01. The van der Waals surface area contributed by atoms with Crippen molar-refractivity contribution in [3.8, 4) is 5.75 Å². The Morgan fingerprint density at radius 2 is 2.00 bits per heavy atom. The minimum Gasteiger partial charge on any atom is -0.494 e. The van der Waals surface area contributed by atoms with Gasteiger partial charge in [-0.15, -0.1) is 0 Å². The Morgan fingerprint density at radius 1 is 1.38 bits per heavy atom. The number of hydrogen-bond acceptors (Lipinski definition) is 3. The summed E-state index contributed by atoms with van der Waals surface area (Å²) in [7, 11) is 1.13. The van der Waals surface area contributed by atoms with Crippen molar-refractivity contribution >= 4 is 5.69 Å². The Labute approximate surface area is 72.3 Å². The Morgan fingerprint density at radius 3 is 2.38 bits per heavy atom. The number of hydrogen-bond donors (Lipinski definition) is 1. The molecule has 0 amide bonds. The summed E-state index contributed by atoms with van der Waals surface area (Å²) in [6.07, 6.45) is -2.61. The van der Waals surface area contributed by atoms with Gasteiger partial charge in [0.05, 0.1) is 25.2 Å². The SMILES string of the molecule is COc1cncc(N)c1C(F)(F)F. The first kappa shape index (κ1) is 9.63. The third kappa shape index (κ3) is 1.82. The third-order valence-electron chi connectivity index (χ3n) is 1.44. The second-order valence-corrected chi connectivity index (χ2v) is 2.30. The highest BCUT2D eigenvalue weighted by Crippen LogP contribution is 2.39. The fourth-order valence-corrected chi connectivity index (χ4v) is 0.915. The van der Waals surface area contributed by atoms with Gasteiger partial charge in [-0.3, -0.25) is 4.98 Å². The van der Waals surface area contributed by atoms with Gasteiger partial charge in [0, 0.05) is 0 Å². The van der Waals surface area contributed by atoms with Crippen LogP contribution in [-0.2, 0) is 6.18 Å². The zero-order valence-electron chi connectivity index (χ0n) is 6.72. The van der Waals surface area contributed by atoms with Gasteiger partial charge in [-0.25, -0.2) is 0 Å². The van der Waals surface area contributed by atoms with E-state index in [-0.39, 0.29) is 5.75 Å². The van der Waals surface area contributed by atoms with Crippen LogP contribution >= 0.6 is 0 Å². The van der Waals surface area contributed by atoms with Gasteiger partial charge in [-0.2, -0.15) is 13.2 Å². The molecular weight excluding hydrogens is 185 g/mol. The minimum absolute atomic E-state index is 0.368. The summed E-state index contributed by atoms with van der Waals surface area (Å²) in [4.78, 5) is 3.48. The normalized spacial score (nSPS) is 11.4. The van der Waals surface area contributed by atoms with E-state index in [0.29, 0.717) is 0 Å². The third-order valence-corrected chi connectivity index (χ3v) is 1.44. The Hall–Kier alpha value is -1.46. The molecule has 0 aliphatic rings. The molecule has 0 atom stereocenters. The van der Waals surface area contributed by atoms with Crippen LogP contribution in [0.25, 0.3) is 0 Å². The van der Waals surface area contributed by atoms with Crippen LogP contribution in [0.4, 0.5) is 18.9 Å². The highest BCUT2D eigenvalue weighted by atomic mass is 19.4. The van der Waals surface area contributed by atoms with E-state index in [2.05, 4.69) is 9.72 Å². The molecule has 1 heterocycles. The van der Waals surface area contributed by atoms with Crippen LogP contribution in [0.5, 0.6) is 5.75 Å². The van der Waals surface area contributed by atoms with Crippen molar-refractivity contribution < 1.29 is 17.9 Å². The Bertz CT molecular complexity index is 311. The molecule has 13 heavy (non-hydrogen) atoms. The Balaban J connectivity index is 3.32. The van der Waals surface area contributed by atoms with Gasteiger partial charge in [-0.05, 0) is 0 Å². The van der Waals surface area contributed by atoms with Gasteiger partial charge in [0.2, 0.25) is 0 Å². The zero-order chi connectivity index (χ0) is 10.1. The molecule has 0 radical (unpaired) electrons. The monoisotopic (exact) mass is 192 g/mol. The van der Waals surface area contributed by atoms with Crippen LogP contribution in [0, 0.1) is 0 Å². The first-order chi connectivity index (χ1) is 5.96. The number of methoxy groups -OCH3 is 1. The summed E-state index contributed by atoms with van der Waals surface area (Å²) in [6, 6.07) is 0. The molecule has 72 valence electrons. The number of nitrogens with zero attached hydrogens (tertiary/aromatic N) is 1. The van der Waals surface area contributed by atoms with Crippen LogP contribution in [0.1, 0.15) is 5.56 Å². The van der Waals surface area contributed by atoms with E-state index >= 15 is 0 Å². The quantitative estimate of drug-likeness (QED) is 0.736. The zero-order valence-corrected chi connectivity index (χ0v) is 6.72.